The number of ether oxygens (including phenoxy) is 5. The summed E-state index contributed by atoms with van der Waals surface area (Å²) in [6.45, 7) is 25.9. The summed E-state index contributed by atoms with van der Waals surface area (Å²) in [7, 11) is 0. The van der Waals surface area contributed by atoms with Gasteiger partial charge in [-0.3, -0.25) is 19.3 Å². The zero-order valence-corrected chi connectivity index (χ0v) is 35.7. The maximum absolute atomic E-state index is 14.1. The number of esters is 1. The van der Waals surface area contributed by atoms with Gasteiger partial charge in [-0.2, -0.15) is 0 Å². The van der Waals surface area contributed by atoms with Gasteiger partial charge in [0.15, 0.2) is 5.75 Å². The number of rotatable bonds is 9. The van der Waals surface area contributed by atoms with Crippen molar-refractivity contribution in [3.63, 3.8) is 0 Å². The van der Waals surface area contributed by atoms with Crippen LogP contribution in [0.4, 0.5) is 20.1 Å². The number of carbonyl (C=O) groups is 4. The van der Waals surface area contributed by atoms with Crippen LogP contribution in [-0.2, 0) is 23.7 Å². The summed E-state index contributed by atoms with van der Waals surface area (Å²) >= 11 is 0. The molecule has 1 aromatic carbocycles. The third kappa shape index (κ3) is 15.9. The quantitative estimate of drug-likeness (QED) is 0.154. The van der Waals surface area contributed by atoms with Crippen molar-refractivity contribution in [2.45, 2.75) is 144 Å². The second-order valence-electron chi connectivity index (χ2n) is 17.9. The van der Waals surface area contributed by atoms with E-state index in [1.165, 1.54) is 14.7 Å². The van der Waals surface area contributed by atoms with Gasteiger partial charge in [0, 0.05) is 58.4 Å². The van der Waals surface area contributed by atoms with E-state index in [-0.39, 0.29) is 76.8 Å². The summed E-state index contributed by atoms with van der Waals surface area (Å²) in [6.07, 6.45) is -1.13. The molecule has 1 aliphatic heterocycles. The minimum absolute atomic E-state index is 0.00239. The summed E-state index contributed by atoms with van der Waals surface area (Å²) in [6, 6.07) is -1.34. The standard InChI is InChI=1S/C39H67N5O11/c1-15-51-31-28(29(45)30(31)46)40-18-16-17-27(32(47)52-36(3,4)5)44-24-23-42(34(49)54-38(9,10)11)20-19-41(33(48)53-37(6,7)8)21-22-43(25-26(44)2)35(50)55-39(12,13)14/h26-27,40H,15-25H2,1-14H3. The van der Waals surface area contributed by atoms with E-state index < -0.39 is 69.6 Å². The Morgan fingerprint density at radius 1 is 0.655 bits per heavy atom. The zero-order chi connectivity index (χ0) is 42.1. The van der Waals surface area contributed by atoms with Crippen molar-refractivity contribution in [2.75, 3.05) is 64.3 Å². The third-order valence-electron chi connectivity index (χ3n) is 8.10. The minimum atomic E-state index is -0.850. The van der Waals surface area contributed by atoms with Crippen LogP contribution >= 0.6 is 0 Å². The molecule has 3 amide bonds. The predicted octanol–water partition coefficient (Wildman–Crippen LogP) is 5.00. The van der Waals surface area contributed by atoms with Crippen molar-refractivity contribution in [2.24, 2.45) is 0 Å². The van der Waals surface area contributed by atoms with Gasteiger partial charge in [-0.25, -0.2) is 14.4 Å². The number of hydrogen-bond acceptors (Lipinski definition) is 13. The molecule has 1 aromatic rings. The highest BCUT2D eigenvalue weighted by Crippen LogP contribution is 2.22. The Morgan fingerprint density at radius 2 is 1.07 bits per heavy atom. The molecular formula is C39H67N5O11. The molecule has 0 bridgehead atoms. The zero-order valence-electron chi connectivity index (χ0n) is 35.7. The average molecular weight is 782 g/mol. The van der Waals surface area contributed by atoms with E-state index >= 15 is 0 Å². The van der Waals surface area contributed by atoms with Crippen molar-refractivity contribution < 1.29 is 42.9 Å². The molecule has 16 nitrogen and oxygen atoms in total. The molecule has 16 heteroatoms. The third-order valence-corrected chi connectivity index (χ3v) is 8.10. The van der Waals surface area contributed by atoms with E-state index in [0.717, 1.165) is 0 Å². The normalized spacial score (nSPS) is 17.8. The highest BCUT2D eigenvalue weighted by Gasteiger charge is 2.37. The van der Waals surface area contributed by atoms with Crippen LogP contribution < -0.4 is 20.9 Å². The Bertz CT molecular complexity index is 1530. The van der Waals surface area contributed by atoms with Gasteiger partial charge in [0.2, 0.25) is 0 Å². The molecule has 2 rings (SSSR count). The largest absolute Gasteiger partial charge is 0.488 e. The summed E-state index contributed by atoms with van der Waals surface area (Å²) in [5, 5.41) is 2.99. The number of amides is 3. The fourth-order valence-electron chi connectivity index (χ4n) is 5.76. The smallest absolute Gasteiger partial charge is 0.410 e. The molecule has 1 heterocycles. The van der Waals surface area contributed by atoms with Crippen LogP contribution in [0, 0.1) is 0 Å². The predicted molar refractivity (Wildman–Crippen MR) is 209 cm³/mol. The first-order chi connectivity index (χ1) is 25.1. The van der Waals surface area contributed by atoms with E-state index in [0.29, 0.717) is 6.42 Å². The molecule has 55 heavy (non-hydrogen) atoms. The van der Waals surface area contributed by atoms with E-state index in [1.54, 1.807) is 90.0 Å². The van der Waals surface area contributed by atoms with Crippen LogP contribution in [0.3, 0.4) is 0 Å². The lowest BCUT2D eigenvalue weighted by Crippen LogP contribution is -2.57. The van der Waals surface area contributed by atoms with Gasteiger partial charge in [-0.05, 0) is 110 Å². The van der Waals surface area contributed by atoms with Crippen LogP contribution in [0.5, 0.6) is 5.75 Å². The first-order valence-corrected chi connectivity index (χ1v) is 19.2. The molecule has 314 valence electrons. The molecule has 1 N–H and O–H groups in total. The Balaban J connectivity index is 2.58. The van der Waals surface area contributed by atoms with Gasteiger partial charge in [0.25, 0.3) is 10.9 Å². The van der Waals surface area contributed by atoms with Gasteiger partial charge < -0.3 is 43.7 Å². The van der Waals surface area contributed by atoms with Gasteiger partial charge in [-0.1, -0.05) is 0 Å². The van der Waals surface area contributed by atoms with E-state index in [9.17, 15) is 28.8 Å². The molecule has 0 radical (unpaired) electrons. The van der Waals surface area contributed by atoms with Gasteiger partial charge in [-0.15, -0.1) is 0 Å². The fourth-order valence-corrected chi connectivity index (χ4v) is 5.76. The average Bonchev–Trinajstić information content (AvgIpc) is 3.00. The van der Waals surface area contributed by atoms with Gasteiger partial charge >= 0.3 is 24.2 Å². The maximum atomic E-state index is 14.1. The molecule has 0 aliphatic carbocycles. The minimum Gasteiger partial charge on any atom is -0.488 e. The Hall–Kier alpha value is -4.08. The lowest BCUT2D eigenvalue weighted by molar-refractivity contribution is -0.163. The van der Waals surface area contributed by atoms with E-state index in [2.05, 4.69) is 5.32 Å². The molecule has 0 saturated carbocycles. The van der Waals surface area contributed by atoms with Crippen LogP contribution in [0.1, 0.15) is 110 Å². The van der Waals surface area contributed by atoms with Gasteiger partial charge in [0.1, 0.15) is 34.1 Å². The summed E-state index contributed by atoms with van der Waals surface area (Å²) in [5.74, 6) is -0.498. The summed E-state index contributed by atoms with van der Waals surface area (Å²) < 4.78 is 28.5. The van der Waals surface area contributed by atoms with Gasteiger partial charge in [0.05, 0.1) is 6.61 Å². The molecule has 0 spiro atoms. The van der Waals surface area contributed by atoms with Crippen LogP contribution in [0.15, 0.2) is 9.59 Å². The lowest BCUT2D eigenvalue weighted by Gasteiger charge is -2.41. The summed E-state index contributed by atoms with van der Waals surface area (Å²) in [4.78, 5) is 85.5. The van der Waals surface area contributed by atoms with E-state index in [4.69, 9.17) is 23.7 Å². The van der Waals surface area contributed by atoms with Crippen molar-refractivity contribution in [1.82, 2.24) is 19.6 Å². The number of carbonyl (C=O) groups excluding carboxylic acids is 4. The van der Waals surface area contributed by atoms with Crippen molar-refractivity contribution in [3.8, 4) is 5.75 Å². The lowest BCUT2D eigenvalue weighted by atomic mass is 10.1. The van der Waals surface area contributed by atoms with Crippen LogP contribution in [-0.4, -0.2) is 137 Å². The molecule has 1 fully saturated rings. The topological polar surface area (TPSA) is 174 Å². The van der Waals surface area contributed by atoms with Crippen LogP contribution in [0.2, 0.25) is 0 Å². The highest BCUT2D eigenvalue weighted by atomic mass is 16.6. The molecule has 2 atom stereocenters. The Kier molecular flexibility index (Phi) is 16.4. The summed E-state index contributed by atoms with van der Waals surface area (Å²) in [5.41, 5.74) is -4.44. The van der Waals surface area contributed by atoms with E-state index in [1.807, 2.05) is 11.8 Å². The van der Waals surface area contributed by atoms with Crippen molar-refractivity contribution in [3.05, 3.63) is 20.4 Å². The Labute approximate surface area is 326 Å². The molecule has 1 saturated heterocycles. The molecular weight excluding hydrogens is 714 g/mol. The first kappa shape index (κ1) is 47.1. The molecule has 0 aromatic heterocycles. The molecule has 1 aliphatic rings. The number of nitrogens with zero attached hydrogens (tertiary/aromatic N) is 4. The van der Waals surface area contributed by atoms with Crippen molar-refractivity contribution >= 4 is 29.9 Å². The SMILES string of the molecule is CCOc1c(NCCCC(C(=O)OC(C)(C)C)N2CCN(C(=O)OC(C)(C)C)CCN(C(=O)OC(C)(C)C)CCN(C(=O)OC(C)(C)C)CC2C)c(=O)c1=O. The van der Waals surface area contributed by atoms with Crippen molar-refractivity contribution in [1.29, 1.82) is 0 Å². The maximum Gasteiger partial charge on any atom is 0.410 e. The van der Waals surface area contributed by atoms with Crippen LogP contribution in [0.25, 0.3) is 0 Å². The highest BCUT2D eigenvalue weighted by molar-refractivity contribution is 5.76. The second-order valence-corrected chi connectivity index (χ2v) is 17.9. The number of anilines is 1. The fraction of sp³-hybridized carbons (Fsp3) is 0.795. The monoisotopic (exact) mass is 781 g/mol. The number of hydrogen-bond donors (Lipinski definition) is 1. The second kappa shape index (κ2) is 19.2. The first-order valence-electron chi connectivity index (χ1n) is 19.2. The Morgan fingerprint density at radius 3 is 1.51 bits per heavy atom. The molecule has 2 unspecified atom stereocenters. The number of nitrogens with one attached hydrogen (secondary N) is 1.